The van der Waals surface area contributed by atoms with Crippen LogP contribution in [0.1, 0.15) is 83.9 Å². The number of nitrogens with zero attached hydrogens (tertiary/aromatic N) is 4. The number of likely N-dealkylation sites (tertiary alicyclic amines) is 1. The molecule has 0 bridgehead atoms. The number of hydrogen-bond acceptors (Lipinski definition) is 12. The summed E-state index contributed by atoms with van der Waals surface area (Å²) in [6.45, 7) is 6.32. The second kappa shape index (κ2) is 25.7. The van der Waals surface area contributed by atoms with Crippen LogP contribution in [0.5, 0.6) is 0 Å². The van der Waals surface area contributed by atoms with Gasteiger partial charge in [0.15, 0.2) is 0 Å². The quantitative estimate of drug-likeness (QED) is 0.0258. The van der Waals surface area contributed by atoms with Gasteiger partial charge in [-0.15, -0.1) is 0 Å². The maximum Gasteiger partial charge on any atom is 0.469 e. The minimum atomic E-state index is -5.12. The molecule has 3 rings (SSSR count). The summed E-state index contributed by atoms with van der Waals surface area (Å²) in [5, 5.41) is 24.1. The number of aliphatic hydroxyl groups excluding tert-OH is 1. The van der Waals surface area contributed by atoms with Crippen molar-refractivity contribution in [2.24, 2.45) is 16.8 Å². The van der Waals surface area contributed by atoms with Crippen LogP contribution in [0.15, 0.2) is 48.0 Å². The minimum absolute atomic E-state index is 0.0980. The second-order valence-electron chi connectivity index (χ2n) is 15.5. The summed E-state index contributed by atoms with van der Waals surface area (Å²) in [5.41, 5.74) is 7.11. The average Bonchev–Trinajstić information content (AvgIpc) is 3.89. The number of phosphoric acid groups is 1. The smallest absolute Gasteiger partial charge is 0.396 e. The Hall–Kier alpha value is -5.21. The normalized spacial score (nSPS) is 16.6. The number of nitrogens with two attached hydrogens (primary N) is 1. The molecule has 0 aliphatic carbocycles. The fourth-order valence-electron chi connectivity index (χ4n) is 6.86. The average molecular weight is 892 g/mol. The van der Waals surface area contributed by atoms with E-state index in [0.29, 0.717) is 51.1 Å². The fraction of sp³-hybridized carbons (Fsp3) is 0.600. The van der Waals surface area contributed by atoms with Crippen molar-refractivity contribution in [2.75, 3.05) is 19.8 Å². The Labute approximate surface area is 361 Å². The molecule has 1 aliphatic rings. The van der Waals surface area contributed by atoms with Crippen LogP contribution in [0.2, 0.25) is 0 Å². The number of phosphoric ester groups is 1. The van der Waals surface area contributed by atoms with Crippen LogP contribution in [0.25, 0.3) is 0 Å². The van der Waals surface area contributed by atoms with Crippen LogP contribution in [-0.2, 0) is 62.1 Å². The van der Waals surface area contributed by atoms with Gasteiger partial charge in [-0.3, -0.25) is 33.3 Å². The van der Waals surface area contributed by atoms with E-state index >= 15 is 0 Å². The van der Waals surface area contributed by atoms with E-state index in [4.69, 9.17) is 10.6 Å². The number of unbranched alkanes of at least 4 members (excludes halogenated alkanes) is 2. The summed E-state index contributed by atoms with van der Waals surface area (Å²) in [7, 11) is -5.12. The van der Waals surface area contributed by atoms with Crippen molar-refractivity contribution in [2.45, 2.75) is 128 Å². The molecule has 0 saturated carbocycles. The van der Waals surface area contributed by atoms with Gasteiger partial charge in [0, 0.05) is 44.5 Å². The molecule has 344 valence electrons. The Kier molecular flexibility index (Phi) is 21.2. The lowest BCUT2D eigenvalue weighted by Gasteiger charge is -2.28. The highest BCUT2D eigenvalue weighted by Crippen LogP contribution is 2.38. The number of aliphatic hydroxyl groups is 1. The molecule has 1 fully saturated rings. The standard InChI is InChI=1S/C40H62N9O12P/c1-26(2)21-31(45-40(56)34-16-12-19-49(34)28(4)51)37(53)44-32(38(54)46-33(24-50)39(55)47-35(36(41)52)27(3)61-62(57,58)59)22-30-23-42-25-48(30)18-10-11-20-60-43-17-9-8-15-29-13-6-5-7-14-29/h5-7,13-14,17,23,25-27,31-35,50H,8-12,15-16,18-22,24H2,1-4H3,(H2,41,52)(H,44,53)(H,45,56)(H,46,54)(H,47,55)(H2,57,58,59)/b43-17+/t27-,31+,32+,33+,34+,35+/m1/s1. The lowest BCUT2D eigenvalue weighted by Crippen LogP contribution is -2.61. The molecule has 6 atom stereocenters. The Bertz CT molecular complexity index is 1860. The minimum Gasteiger partial charge on any atom is -0.396 e. The maximum absolute atomic E-state index is 14.0. The predicted octanol–water partition coefficient (Wildman–Crippen LogP) is 0.203. The summed E-state index contributed by atoms with van der Waals surface area (Å²) in [4.78, 5) is 108. The van der Waals surface area contributed by atoms with Gasteiger partial charge in [0.25, 0.3) is 0 Å². The summed E-state index contributed by atoms with van der Waals surface area (Å²) in [6, 6.07) is 3.30. The summed E-state index contributed by atoms with van der Waals surface area (Å²) >= 11 is 0. The number of nitrogens with one attached hydrogen (secondary N) is 4. The van der Waals surface area contributed by atoms with Gasteiger partial charge in [-0.05, 0) is 69.8 Å². The number of oxime groups is 1. The van der Waals surface area contributed by atoms with Crippen LogP contribution in [-0.4, -0.2) is 127 Å². The van der Waals surface area contributed by atoms with Crippen molar-refractivity contribution in [3.8, 4) is 0 Å². The molecule has 1 saturated heterocycles. The van der Waals surface area contributed by atoms with E-state index in [2.05, 4.69) is 48.1 Å². The largest absolute Gasteiger partial charge is 0.469 e. The maximum atomic E-state index is 14.0. The number of imidazole rings is 1. The van der Waals surface area contributed by atoms with Crippen LogP contribution < -0.4 is 27.0 Å². The van der Waals surface area contributed by atoms with E-state index in [1.54, 1.807) is 17.1 Å². The first-order valence-electron chi connectivity index (χ1n) is 20.7. The first kappa shape index (κ1) is 51.1. The molecular formula is C40H62N9O12P. The third kappa shape index (κ3) is 17.6. The van der Waals surface area contributed by atoms with Crippen molar-refractivity contribution in [3.05, 3.63) is 54.1 Å². The summed E-state index contributed by atoms with van der Waals surface area (Å²) < 4.78 is 17.7. The van der Waals surface area contributed by atoms with Gasteiger partial charge in [-0.1, -0.05) is 49.3 Å². The van der Waals surface area contributed by atoms with E-state index in [-0.39, 0.29) is 24.7 Å². The lowest BCUT2D eigenvalue weighted by atomic mass is 10.0. The number of hydrogen-bond donors (Lipinski definition) is 8. The number of carbonyl (C=O) groups excluding carboxylic acids is 6. The molecule has 0 unspecified atom stereocenters. The van der Waals surface area contributed by atoms with E-state index in [9.17, 15) is 48.2 Å². The first-order valence-corrected chi connectivity index (χ1v) is 22.2. The van der Waals surface area contributed by atoms with Gasteiger partial charge in [0.05, 0.1) is 19.0 Å². The van der Waals surface area contributed by atoms with Crippen molar-refractivity contribution in [1.29, 1.82) is 0 Å². The Morgan fingerprint density at radius 1 is 0.968 bits per heavy atom. The van der Waals surface area contributed by atoms with Gasteiger partial charge < -0.3 is 56.2 Å². The van der Waals surface area contributed by atoms with Gasteiger partial charge in [0.2, 0.25) is 35.4 Å². The number of carbonyl (C=O) groups is 6. The lowest BCUT2D eigenvalue weighted by molar-refractivity contribution is -0.139. The molecule has 21 nitrogen and oxygen atoms in total. The van der Waals surface area contributed by atoms with Crippen molar-refractivity contribution in [1.82, 2.24) is 35.7 Å². The molecule has 1 aromatic carbocycles. The van der Waals surface area contributed by atoms with Crippen molar-refractivity contribution < 1.29 is 57.6 Å². The van der Waals surface area contributed by atoms with Crippen LogP contribution >= 0.6 is 7.82 Å². The highest BCUT2D eigenvalue weighted by atomic mass is 31.2. The Morgan fingerprint density at radius 2 is 1.65 bits per heavy atom. The molecule has 0 radical (unpaired) electrons. The zero-order valence-electron chi connectivity index (χ0n) is 35.7. The van der Waals surface area contributed by atoms with Crippen LogP contribution in [0, 0.1) is 5.92 Å². The first-order chi connectivity index (χ1) is 29.4. The van der Waals surface area contributed by atoms with Gasteiger partial charge >= 0.3 is 7.82 Å². The number of aryl methyl sites for hydroxylation is 2. The molecule has 2 aromatic rings. The van der Waals surface area contributed by atoms with Gasteiger partial charge in [-0.25, -0.2) is 9.55 Å². The third-order valence-corrected chi connectivity index (χ3v) is 10.6. The fourth-order valence-corrected chi connectivity index (χ4v) is 7.42. The monoisotopic (exact) mass is 891 g/mol. The number of amides is 6. The summed E-state index contributed by atoms with van der Waals surface area (Å²) in [5.74, 6) is -4.95. The van der Waals surface area contributed by atoms with E-state index < -0.39 is 80.3 Å². The molecule has 2 heterocycles. The number of rotatable bonds is 27. The molecule has 1 aliphatic heterocycles. The Morgan fingerprint density at radius 3 is 2.29 bits per heavy atom. The van der Waals surface area contributed by atoms with Crippen molar-refractivity contribution in [3.63, 3.8) is 0 Å². The number of benzene rings is 1. The van der Waals surface area contributed by atoms with Gasteiger partial charge in [0.1, 0.15) is 36.8 Å². The molecule has 6 amide bonds. The van der Waals surface area contributed by atoms with Crippen LogP contribution in [0.3, 0.4) is 0 Å². The third-order valence-electron chi connectivity index (χ3n) is 10.0. The number of aromatic nitrogens is 2. The predicted molar refractivity (Wildman–Crippen MR) is 225 cm³/mol. The molecule has 0 spiro atoms. The zero-order chi connectivity index (χ0) is 45.8. The van der Waals surface area contributed by atoms with E-state index in [0.717, 1.165) is 26.2 Å². The zero-order valence-corrected chi connectivity index (χ0v) is 36.6. The highest BCUT2D eigenvalue weighted by molar-refractivity contribution is 7.46. The SMILES string of the molecule is CC(=O)N1CCC[C@H]1C(=O)N[C@@H](CC(C)C)C(=O)N[C@@H](Cc1cncn1CCCCO/N=C/CCCc1ccccc1)C(=O)N[C@@H](CO)C(=O)N[C@H](C(N)=O)[C@@H](C)OP(=O)(O)O. The highest BCUT2D eigenvalue weighted by Gasteiger charge is 2.37. The topological polar surface area (TPSA) is 306 Å². The molecule has 62 heavy (non-hydrogen) atoms. The van der Waals surface area contributed by atoms with E-state index in [1.165, 1.54) is 23.6 Å². The number of primary amides is 1. The van der Waals surface area contributed by atoms with Crippen molar-refractivity contribution >= 4 is 49.5 Å². The summed E-state index contributed by atoms with van der Waals surface area (Å²) in [6.07, 6.45) is 8.13. The van der Waals surface area contributed by atoms with Gasteiger partial charge in [-0.2, -0.15) is 0 Å². The molecule has 1 aromatic heterocycles. The Balaban J connectivity index is 1.74. The van der Waals surface area contributed by atoms with Crippen LogP contribution in [0.4, 0.5) is 0 Å². The molecule has 9 N–H and O–H groups in total. The van der Waals surface area contributed by atoms with E-state index in [1.807, 2.05) is 32.0 Å². The second-order valence-corrected chi connectivity index (χ2v) is 16.7. The molecule has 22 heteroatoms. The molecular weight excluding hydrogens is 829 g/mol.